The highest BCUT2D eigenvalue weighted by atomic mass is 19.3. The van der Waals surface area contributed by atoms with Gasteiger partial charge in [0.2, 0.25) is 5.67 Å². The van der Waals surface area contributed by atoms with Crippen LogP contribution in [-0.2, 0) is 23.6 Å². The van der Waals surface area contributed by atoms with Crippen molar-refractivity contribution in [3.63, 3.8) is 0 Å². The molecule has 0 saturated heterocycles. The van der Waals surface area contributed by atoms with Crippen molar-refractivity contribution in [1.29, 1.82) is 0 Å². The number of fused-ring (bicyclic) bond motifs is 1. The number of pyridine rings is 1. The first-order valence-corrected chi connectivity index (χ1v) is 9.94. The van der Waals surface area contributed by atoms with Crippen molar-refractivity contribution in [2.45, 2.75) is 25.2 Å². The number of alkyl halides is 3. The molecule has 0 aliphatic carbocycles. The minimum Gasteiger partial charge on any atom is -0.373 e. The molecule has 1 aliphatic rings. The number of aromatic nitrogens is 1. The van der Waals surface area contributed by atoms with Gasteiger partial charge in [-0.3, -0.25) is 9.78 Å². The van der Waals surface area contributed by atoms with Gasteiger partial charge in [-0.15, -0.1) is 0 Å². The first-order chi connectivity index (χ1) is 15.5. The van der Waals surface area contributed by atoms with Crippen molar-refractivity contribution in [3.8, 4) is 11.8 Å². The summed E-state index contributed by atoms with van der Waals surface area (Å²) in [5.41, 5.74) is -0.544. The maximum Gasteiger partial charge on any atom is 0.278 e. The lowest BCUT2D eigenvalue weighted by Crippen LogP contribution is -2.39. The highest BCUT2D eigenvalue weighted by Crippen LogP contribution is 2.39. The third-order valence-corrected chi connectivity index (χ3v) is 5.11. The number of rotatable bonds is 4. The summed E-state index contributed by atoms with van der Waals surface area (Å²) in [6, 6.07) is 17.1. The number of nitrogens with zero attached hydrogens (tertiary/aromatic N) is 1. The van der Waals surface area contributed by atoms with Crippen LogP contribution in [0.1, 0.15) is 38.3 Å². The van der Waals surface area contributed by atoms with Crippen LogP contribution in [0.15, 0.2) is 66.9 Å². The molecule has 162 valence electrons. The Kier molecular flexibility index (Phi) is 6.24. The maximum atomic E-state index is 14.8. The number of halogens is 3. The number of nitrogens with one attached hydrogen (secondary N) is 1. The van der Waals surface area contributed by atoms with Crippen molar-refractivity contribution in [2.24, 2.45) is 0 Å². The number of benzene rings is 2. The van der Waals surface area contributed by atoms with E-state index in [1.807, 2.05) is 30.3 Å². The van der Waals surface area contributed by atoms with E-state index in [9.17, 15) is 18.0 Å². The summed E-state index contributed by atoms with van der Waals surface area (Å²) in [5, 5.41) is 2.69. The van der Waals surface area contributed by atoms with Gasteiger partial charge in [-0.2, -0.15) is 0 Å². The van der Waals surface area contributed by atoms with E-state index in [4.69, 9.17) is 4.74 Å². The number of ether oxygens (including phenoxy) is 1. The molecule has 1 aliphatic heterocycles. The Morgan fingerprint density at radius 3 is 2.66 bits per heavy atom. The first-order valence-electron chi connectivity index (χ1n) is 9.94. The molecule has 4 nitrogen and oxygen atoms in total. The molecule has 4 rings (SSSR count). The Morgan fingerprint density at radius 1 is 1.09 bits per heavy atom. The van der Waals surface area contributed by atoms with Crippen LogP contribution >= 0.6 is 0 Å². The van der Waals surface area contributed by atoms with Crippen LogP contribution < -0.4 is 5.32 Å². The third-order valence-electron chi connectivity index (χ3n) is 5.11. The van der Waals surface area contributed by atoms with E-state index in [0.29, 0.717) is 11.3 Å². The molecule has 2 aromatic carbocycles. The molecule has 0 fully saturated rings. The van der Waals surface area contributed by atoms with Crippen molar-refractivity contribution in [1.82, 2.24) is 10.3 Å². The summed E-state index contributed by atoms with van der Waals surface area (Å²) in [6.07, 6.45) is -1.67. The number of carbonyl (C=O) groups is 1. The zero-order valence-corrected chi connectivity index (χ0v) is 16.9. The fraction of sp³-hybridized carbons (Fsp3) is 0.200. The van der Waals surface area contributed by atoms with E-state index < -0.39 is 24.6 Å². The molecule has 0 saturated carbocycles. The molecule has 2 heterocycles. The number of hydrogen-bond acceptors (Lipinski definition) is 3. The minimum atomic E-state index is -3.26. The summed E-state index contributed by atoms with van der Waals surface area (Å²) < 4.78 is 46.4. The van der Waals surface area contributed by atoms with Crippen molar-refractivity contribution >= 4 is 5.91 Å². The lowest BCUT2D eigenvalue weighted by molar-refractivity contribution is -0.107. The molecular weight excluding hydrogens is 417 g/mol. The molecule has 1 amide bonds. The largest absolute Gasteiger partial charge is 0.373 e. The molecule has 0 unspecified atom stereocenters. The second kappa shape index (κ2) is 9.25. The van der Waals surface area contributed by atoms with Gasteiger partial charge in [0.1, 0.15) is 0 Å². The quantitative estimate of drug-likeness (QED) is 0.618. The summed E-state index contributed by atoms with van der Waals surface area (Å²) in [4.78, 5) is 16.8. The normalized spacial score (nSPS) is 17.2. The van der Waals surface area contributed by atoms with E-state index in [2.05, 4.69) is 22.1 Å². The van der Waals surface area contributed by atoms with Crippen LogP contribution in [-0.4, -0.2) is 23.9 Å². The van der Waals surface area contributed by atoms with Gasteiger partial charge in [0.05, 0.1) is 25.5 Å². The van der Waals surface area contributed by atoms with Gasteiger partial charge in [0.25, 0.3) is 12.3 Å². The van der Waals surface area contributed by atoms with E-state index in [1.54, 1.807) is 18.3 Å². The van der Waals surface area contributed by atoms with Crippen molar-refractivity contribution in [3.05, 3.63) is 100 Å². The van der Waals surface area contributed by atoms with Gasteiger partial charge >= 0.3 is 0 Å². The number of carbonyl (C=O) groups excluding carboxylic acids is 1. The Labute approximate surface area is 183 Å². The Bertz CT molecular complexity index is 1190. The predicted octanol–water partition coefficient (Wildman–Crippen LogP) is 4.37. The summed E-state index contributed by atoms with van der Waals surface area (Å²) in [5.74, 6) is 5.58. The lowest BCUT2D eigenvalue weighted by atomic mass is 9.89. The highest BCUT2D eigenvalue weighted by molar-refractivity contribution is 5.94. The molecule has 0 radical (unpaired) electrons. The van der Waals surface area contributed by atoms with Gasteiger partial charge in [-0.25, -0.2) is 13.2 Å². The first kappa shape index (κ1) is 21.6. The topological polar surface area (TPSA) is 51.2 Å². The molecule has 0 bridgehead atoms. The van der Waals surface area contributed by atoms with Crippen LogP contribution in [0.25, 0.3) is 0 Å². The number of amides is 1. The molecule has 32 heavy (non-hydrogen) atoms. The van der Waals surface area contributed by atoms with Gasteiger partial charge in [0, 0.05) is 28.5 Å². The molecular formula is C25H19F3N2O2. The van der Waals surface area contributed by atoms with Gasteiger partial charge in [0.15, 0.2) is 0 Å². The van der Waals surface area contributed by atoms with Gasteiger partial charge < -0.3 is 10.1 Å². The van der Waals surface area contributed by atoms with Gasteiger partial charge in [-0.05, 0) is 42.0 Å². The number of hydrogen-bond donors (Lipinski definition) is 1. The Hall–Kier alpha value is -3.63. The molecule has 1 atom stereocenters. The molecule has 3 aromatic rings. The Morgan fingerprint density at radius 2 is 1.88 bits per heavy atom. The van der Waals surface area contributed by atoms with E-state index in [-0.39, 0.29) is 24.3 Å². The molecule has 7 heteroatoms. The Balaban J connectivity index is 1.46. The SMILES string of the molecule is O=C(NCc1cc(C#Cc2ccccc2)ccn1)c1ccc2c(c1)[C@](F)(C(F)F)COC2. The zero-order chi connectivity index (χ0) is 22.6. The van der Waals surface area contributed by atoms with Crippen LogP contribution in [0.4, 0.5) is 13.2 Å². The van der Waals surface area contributed by atoms with Crippen LogP contribution in [0.3, 0.4) is 0 Å². The van der Waals surface area contributed by atoms with E-state index in [1.165, 1.54) is 18.2 Å². The fourth-order valence-electron chi connectivity index (χ4n) is 3.39. The predicted molar refractivity (Wildman–Crippen MR) is 113 cm³/mol. The lowest BCUT2D eigenvalue weighted by Gasteiger charge is -2.31. The summed E-state index contributed by atoms with van der Waals surface area (Å²) in [7, 11) is 0. The maximum absolute atomic E-state index is 14.8. The van der Waals surface area contributed by atoms with Crippen LogP contribution in [0.2, 0.25) is 0 Å². The highest BCUT2D eigenvalue weighted by Gasteiger charge is 2.46. The van der Waals surface area contributed by atoms with Crippen LogP contribution in [0.5, 0.6) is 0 Å². The van der Waals surface area contributed by atoms with Crippen LogP contribution in [0, 0.1) is 11.8 Å². The average molecular weight is 436 g/mol. The van der Waals surface area contributed by atoms with Gasteiger partial charge in [-0.1, -0.05) is 36.1 Å². The summed E-state index contributed by atoms with van der Waals surface area (Å²) >= 11 is 0. The minimum absolute atomic E-state index is 0.0242. The second-order valence-corrected chi connectivity index (χ2v) is 7.36. The molecule has 1 N–H and O–H groups in total. The second-order valence-electron chi connectivity index (χ2n) is 7.36. The fourth-order valence-corrected chi connectivity index (χ4v) is 3.39. The van der Waals surface area contributed by atoms with Crippen molar-refractivity contribution < 1.29 is 22.7 Å². The average Bonchev–Trinajstić information content (AvgIpc) is 2.82. The smallest absolute Gasteiger partial charge is 0.278 e. The monoisotopic (exact) mass is 436 g/mol. The van der Waals surface area contributed by atoms with E-state index >= 15 is 0 Å². The standard InChI is InChI=1S/C25H19F3N2O2/c26-24(27)25(28)16-32-15-20-9-8-19(13-22(20)25)23(31)30-14-21-12-18(10-11-29-21)7-6-17-4-2-1-3-5-17/h1-5,8-13,24H,14-16H2,(H,30,31)/t25-/m0/s1. The molecule has 0 spiro atoms. The molecule has 1 aromatic heterocycles. The summed E-state index contributed by atoms with van der Waals surface area (Å²) in [6.45, 7) is -0.616. The third kappa shape index (κ3) is 4.66. The van der Waals surface area contributed by atoms with Crippen molar-refractivity contribution in [2.75, 3.05) is 6.61 Å². The zero-order valence-electron chi connectivity index (χ0n) is 16.9. The van der Waals surface area contributed by atoms with E-state index in [0.717, 1.165) is 11.1 Å².